The second-order valence-corrected chi connectivity index (χ2v) is 5.03. The van der Waals surface area contributed by atoms with Crippen molar-refractivity contribution in [1.82, 2.24) is 14.9 Å². The highest BCUT2D eigenvalue weighted by Crippen LogP contribution is 2.23. The zero-order chi connectivity index (χ0) is 13.2. The van der Waals surface area contributed by atoms with Gasteiger partial charge in [0.1, 0.15) is 5.82 Å². The van der Waals surface area contributed by atoms with Crippen LogP contribution in [0.4, 0.5) is 0 Å². The molecular formula is C15H17N3O. The van der Waals surface area contributed by atoms with Crippen molar-refractivity contribution in [3.8, 4) is 0 Å². The Labute approximate surface area is 112 Å². The molecule has 0 aliphatic heterocycles. The fourth-order valence-electron chi connectivity index (χ4n) is 2.61. The van der Waals surface area contributed by atoms with Crippen molar-refractivity contribution in [3.63, 3.8) is 0 Å². The van der Waals surface area contributed by atoms with Crippen molar-refractivity contribution in [1.29, 1.82) is 0 Å². The first-order chi connectivity index (χ1) is 9.24. The van der Waals surface area contributed by atoms with E-state index in [4.69, 9.17) is 0 Å². The Hall–Kier alpha value is -2.10. The number of hydrogen-bond donors (Lipinski definition) is 1. The van der Waals surface area contributed by atoms with Crippen LogP contribution in [-0.2, 0) is 19.4 Å². The smallest absolute Gasteiger partial charge is 0.254 e. The number of benzene rings is 1. The van der Waals surface area contributed by atoms with Crippen LogP contribution in [0.5, 0.6) is 0 Å². The van der Waals surface area contributed by atoms with E-state index in [1.807, 2.05) is 12.1 Å². The number of nitrogens with zero attached hydrogens (tertiary/aromatic N) is 2. The number of H-pyrrole nitrogens is 1. The van der Waals surface area contributed by atoms with E-state index in [-0.39, 0.29) is 5.91 Å². The number of aromatic amines is 1. The van der Waals surface area contributed by atoms with Crippen LogP contribution in [0, 0.1) is 0 Å². The zero-order valence-electron chi connectivity index (χ0n) is 11.0. The van der Waals surface area contributed by atoms with Crippen molar-refractivity contribution in [2.75, 3.05) is 7.05 Å². The highest BCUT2D eigenvalue weighted by Gasteiger charge is 2.17. The quantitative estimate of drug-likeness (QED) is 0.913. The van der Waals surface area contributed by atoms with E-state index < -0.39 is 0 Å². The molecule has 1 aromatic carbocycles. The van der Waals surface area contributed by atoms with Crippen LogP contribution in [0.1, 0.15) is 33.7 Å². The summed E-state index contributed by atoms with van der Waals surface area (Å²) in [6.45, 7) is 0.503. The van der Waals surface area contributed by atoms with E-state index in [1.54, 1.807) is 24.3 Å². The molecule has 0 fully saturated rings. The molecule has 1 N–H and O–H groups in total. The topological polar surface area (TPSA) is 49.0 Å². The van der Waals surface area contributed by atoms with Crippen LogP contribution in [0.15, 0.2) is 30.6 Å². The summed E-state index contributed by atoms with van der Waals surface area (Å²) in [5, 5.41) is 0. The molecule has 0 unspecified atom stereocenters. The van der Waals surface area contributed by atoms with Gasteiger partial charge in [-0.2, -0.15) is 0 Å². The van der Waals surface area contributed by atoms with Crippen LogP contribution in [0.2, 0.25) is 0 Å². The second-order valence-electron chi connectivity index (χ2n) is 5.03. The number of hydrogen-bond acceptors (Lipinski definition) is 2. The number of rotatable bonds is 3. The highest BCUT2D eigenvalue weighted by molar-refractivity contribution is 5.94. The van der Waals surface area contributed by atoms with Gasteiger partial charge in [-0.15, -0.1) is 0 Å². The van der Waals surface area contributed by atoms with Crippen LogP contribution < -0.4 is 0 Å². The molecule has 0 radical (unpaired) electrons. The highest BCUT2D eigenvalue weighted by atomic mass is 16.2. The van der Waals surface area contributed by atoms with Gasteiger partial charge in [-0.25, -0.2) is 4.98 Å². The minimum atomic E-state index is 0.0473. The number of aromatic nitrogens is 2. The van der Waals surface area contributed by atoms with Crippen molar-refractivity contribution >= 4 is 5.91 Å². The molecule has 1 aliphatic carbocycles. The Balaban J connectivity index is 1.76. The van der Waals surface area contributed by atoms with E-state index in [0.717, 1.165) is 24.2 Å². The molecule has 98 valence electrons. The summed E-state index contributed by atoms with van der Waals surface area (Å²) in [7, 11) is 1.80. The van der Waals surface area contributed by atoms with Gasteiger partial charge >= 0.3 is 0 Å². The minimum Gasteiger partial charge on any atom is -0.347 e. The van der Waals surface area contributed by atoms with E-state index in [9.17, 15) is 4.79 Å². The normalized spacial score (nSPS) is 13.3. The molecule has 0 saturated carbocycles. The molecule has 0 bridgehead atoms. The lowest BCUT2D eigenvalue weighted by molar-refractivity contribution is 0.0782. The fourth-order valence-corrected chi connectivity index (χ4v) is 2.61. The van der Waals surface area contributed by atoms with Crippen LogP contribution in [0.3, 0.4) is 0 Å². The van der Waals surface area contributed by atoms with Gasteiger partial charge in [-0.3, -0.25) is 4.79 Å². The molecule has 2 aromatic rings. The van der Waals surface area contributed by atoms with E-state index >= 15 is 0 Å². The summed E-state index contributed by atoms with van der Waals surface area (Å²) in [5.74, 6) is 0.850. The Morgan fingerprint density at radius 1 is 1.37 bits per heavy atom. The third kappa shape index (κ3) is 2.38. The molecule has 0 atom stereocenters. The number of amides is 1. The van der Waals surface area contributed by atoms with Crippen LogP contribution >= 0.6 is 0 Å². The average Bonchev–Trinajstić information content (AvgIpc) is 3.07. The van der Waals surface area contributed by atoms with Gasteiger partial charge in [0.15, 0.2) is 0 Å². The Morgan fingerprint density at radius 3 is 3.00 bits per heavy atom. The molecular weight excluding hydrogens is 238 g/mol. The first kappa shape index (κ1) is 12.0. The molecule has 1 aliphatic rings. The van der Waals surface area contributed by atoms with Crippen molar-refractivity contribution in [2.45, 2.75) is 25.8 Å². The van der Waals surface area contributed by atoms with Crippen molar-refractivity contribution in [3.05, 3.63) is 53.1 Å². The van der Waals surface area contributed by atoms with Crippen molar-refractivity contribution in [2.24, 2.45) is 0 Å². The molecule has 4 heteroatoms. The van der Waals surface area contributed by atoms with Crippen molar-refractivity contribution < 1.29 is 4.79 Å². The lowest BCUT2D eigenvalue weighted by Gasteiger charge is -2.16. The zero-order valence-corrected chi connectivity index (χ0v) is 11.0. The van der Waals surface area contributed by atoms with Gasteiger partial charge in [0, 0.05) is 25.0 Å². The molecule has 3 rings (SSSR count). The fraction of sp³-hybridized carbons (Fsp3) is 0.333. The first-order valence-electron chi connectivity index (χ1n) is 6.59. The number of carbonyl (C=O) groups is 1. The SMILES string of the molecule is CN(Cc1ncc[nH]1)C(=O)c1ccc2c(c1)CCC2. The summed E-state index contributed by atoms with van der Waals surface area (Å²) in [6.07, 6.45) is 6.91. The standard InChI is InChI=1S/C15H17N3O/c1-18(10-14-16-7-8-17-14)15(19)13-6-5-11-3-2-4-12(11)9-13/h5-9H,2-4,10H2,1H3,(H,16,17). The summed E-state index contributed by atoms with van der Waals surface area (Å²) in [5.41, 5.74) is 3.50. The molecule has 1 amide bonds. The maximum atomic E-state index is 12.4. The Bertz CT molecular complexity index is 589. The molecule has 1 aromatic heterocycles. The summed E-state index contributed by atoms with van der Waals surface area (Å²) in [4.78, 5) is 21.2. The third-order valence-electron chi connectivity index (χ3n) is 3.63. The summed E-state index contributed by atoms with van der Waals surface area (Å²) < 4.78 is 0. The van der Waals surface area contributed by atoms with Gasteiger partial charge in [-0.1, -0.05) is 6.07 Å². The molecule has 0 spiro atoms. The minimum absolute atomic E-state index is 0.0473. The maximum absolute atomic E-state index is 12.4. The summed E-state index contributed by atoms with van der Waals surface area (Å²) in [6, 6.07) is 6.07. The second kappa shape index (κ2) is 4.88. The molecule has 1 heterocycles. The van der Waals surface area contributed by atoms with Crippen LogP contribution in [-0.4, -0.2) is 27.8 Å². The first-order valence-corrected chi connectivity index (χ1v) is 6.59. The predicted molar refractivity (Wildman–Crippen MR) is 72.9 cm³/mol. The molecule has 0 saturated heterocycles. The number of nitrogens with one attached hydrogen (secondary N) is 1. The van der Waals surface area contributed by atoms with E-state index in [1.165, 1.54) is 17.5 Å². The average molecular weight is 255 g/mol. The third-order valence-corrected chi connectivity index (χ3v) is 3.63. The monoisotopic (exact) mass is 255 g/mol. The van der Waals surface area contributed by atoms with Gasteiger partial charge in [0.05, 0.1) is 6.54 Å². The molecule has 4 nitrogen and oxygen atoms in total. The lowest BCUT2D eigenvalue weighted by Crippen LogP contribution is -2.26. The van der Waals surface area contributed by atoms with Gasteiger partial charge in [0.25, 0.3) is 5.91 Å². The Morgan fingerprint density at radius 2 is 2.21 bits per heavy atom. The summed E-state index contributed by atoms with van der Waals surface area (Å²) >= 11 is 0. The Kier molecular flexibility index (Phi) is 3.07. The van der Waals surface area contributed by atoms with E-state index in [0.29, 0.717) is 6.54 Å². The van der Waals surface area contributed by atoms with Crippen LogP contribution in [0.25, 0.3) is 0 Å². The van der Waals surface area contributed by atoms with Gasteiger partial charge in [0.2, 0.25) is 0 Å². The number of aryl methyl sites for hydroxylation is 2. The predicted octanol–water partition coefficient (Wildman–Crippen LogP) is 2.17. The van der Waals surface area contributed by atoms with Gasteiger partial charge in [-0.05, 0) is 42.5 Å². The number of carbonyl (C=O) groups excluding carboxylic acids is 1. The largest absolute Gasteiger partial charge is 0.347 e. The van der Waals surface area contributed by atoms with Gasteiger partial charge < -0.3 is 9.88 Å². The number of fused-ring (bicyclic) bond motifs is 1. The lowest BCUT2D eigenvalue weighted by atomic mass is 10.1. The number of imidazole rings is 1. The van der Waals surface area contributed by atoms with E-state index in [2.05, 4.69) is 16.0 Å². The molecule has 19 heavy (non-hydrogen) atoms. The maximum Gasteiger partial charge on any atom is 0.254 e.